The molecule has 0 unspecified atom stereocenters. The van der Waals surface area contributed by atoms with Crippen molar-refractivity contribution in [2.75, 3.05) is 7.05 Å². The topological polar surface area (TPSA) is 70.6 Å². The summed E-state index contributed by atoms with van der Waals surface area (Å²) in [5.74, 6) is 0.0827. The lowest BCUT2D eigenvalue weighted by molar-refractivity contribution is 0.319. The molecule has 0 amide bonds. The summed E-state index contributed by atoms with van der Waals surface area (Å²) in [5.41, 5.74) is 5.03. The predicted molar refractivity (Wildman–Crippen MR) is 31.6 cm³/mol. The van der Waals surface area contributed by atoms with Crippen molar-refractivity contribution in [1.29, 1.82) is 0 Å². The Labute approximate surface area is 47.7 Å². The fourth-order valence-electron chi connectivity index (χ4n) is 0.202. The highest BCUT2D eigenvalue weighted by Gasteiger charge is 1.76. The lowest BCUT2D eigenvalue weighted by Crippen LogP contribution is -2.08. The van der Waals surface area contributed by atoms with Crippen molar-refractivity contribution in [3.8, 4) is 0 Å². The molecule has 0 aromatic carbocycles. The summed E-state index contributed by atoms with van der Waals surface area (Å²) in [6.07, 6.45) is 3.01. The van der Waals surface area contributed by atoms with E-state index in [0.29, 0.717) is 0 Å². The van der Waals surface area contributed by atoms with Gasteiger partial charge in [-0.1, -0.05) is 5.16 Å². The lowest BCUT2D eigenvalue weighted by Gasteiger charge is -1.84. The van der Waals surface area contributed by atoms with E-state index in [-0.39, 0.29) is 5.84 Å². The fourth-order valence-corrected chi connectivity index (χ4v) is 0.202. The molecule has 0 aromatic heterocycles. The van der Waals surface area contributed by atoms with Gasteiger partial charge in [0.2, 0.25) is 0 Å². The molecule has 0 heterocycles. The second kappa shape index (κ2) is 3.98. The highest BCUT2D eigenvalue weighted by atomic mass is 16.4. The van der Waals surface area contributed by atoms with Crippen molar-refractivity contribution >= 4 is 5.84 Å². The molecular weight excluding hydrogens is 106 g/mol. The van der Waals surface area contributed by atoms with E-state index < -0.39 is 0 Å². The highest BCUT2D eigenvalue weighted by molar-refractivity contribution is 5.90. The molecule has 4 heteroatoms. The second-order valence-electron chi connectivity index (χ2n) is 1.15. The monoisotopic (exact) mass is 115 g/mol. The van der Waals surface area contributed by atoms with Crippen molar-refractivity contribution in [1.82, 2.24) is 5.32 Å². The van der Waals surface area contributed by atoms with Crippen molar-refractivity contribution in [3.63, 3.8) is 0 Å². The Kier molecular flexibility index (Phi) is 3.39. The molecule has 0 fully saturated rings. The predicted octanol–water partition coefficient (Wildman–Crippen LogP) is -0.534. The molecule has 0 bridgehead atoms. The van der Waals surface area contributed by atoms with Crippen LogP contribution < -0.4 is 11.1 Å². The van der Waals surface area contributed by atoms with Crippen LogP contribution in [0.5, 0.6) is 0 Å². The number of rotatable bonds is 2. The first-order valence-electron chi connectivity index (χ1n) is 2.12. The third-order valence-corrected chi connectivity index (χ3v) is 0.536. The van der Waals surface area contributed by atoms with E-state index in [1.165, 1.54) is 6.08 Å². The van der Waals surface area contributed by atoms with Crippen LogP contribution in [0.1, 0.15) is 0 Å². The first-order valence-corrected chi connectivity index (χ1v) is 2.12. The Morgan fingerprint density at radius 3 is 2.88 bits per heavy atom. The molecule has 0 atom stereocenters. The lowest BCUT2D eigenvalue weighted by atomic mass is 10.6. The second-order valence-corrected chi connectivity index (χ2v) is 1.15. The quantitative estimate of drug-likeness (QED) is 0.196. The van der Waals surface area contributed by atoms with E-state index in [1.807, 2.05) is 0 Å². The molecule has 0 saturated heterocycles. The Bertz CT molecular complexity index is 108. The molecule has 0 spiro atoms. The fraction of sp³-hybridized carbons (Fsp3) is 0.250. The summed E-state index contributed by atoms with van der Waals surface area (Å²) in [7, 11) is 1.72. The van der Waals surface area contributed by atoms with Gasteiger partial charge in [-0.3, -0.25) is 0 Å². The smallest absolute Gasteiger partial charge is 0.164 e. The van der Waals surface area contributed by atoms with E-state index in [2.05, 4.69) is 10.5 Å². The van der Waals surface area contributed by atoms with Crippen LogP contribution in [0.2, 0.25) is 0 Å². The number of nitrogens with two attached hydrogens (primary N) is 1. The van der Waals surface area contributed by atoms with Gasteiger partial charge in [-0.15, -0.1) is 0 Å². The SMILES string of the molecule is CN/C=C/C(N)=N\O. The number of nitrogens with zero attached hydrogens (tertiary/aromatic N) is 1. The van der Waals surface area contributed by atoms with Crippen LogP contribution in [0.25, 0.3) is 0 Å². The van der Waals surface area contributed by atoms with Crippen LogP contribution in [0.15, 0.2) is 17.4 Å². The number of amidine groups is 1. The summed E-state index contributed by atoms with van der Waals surface area (Å²) in [4.78, 5) is 0. The largest absolute Gasteiger partial charge is 0.409 e. The highest BCUT2D eigenvalue weighted by Crippen LogP contribution is 1.66. The summed E-state index contributed by atoms with van der Waals surface area (Å²) < 4.78 is 0. The van der Waals surface area contributed by atoms with E-state index in [0.717, 1.165) is 0 Å². The van der Waals surface area contributed by atoms with Crippen LogP contribution in [-0.4, -0.2) is 18.1 Å². The third-order valence-electron chi connectivity index (χ3n) is 0.536. The van der Waals surface area contributed by atoms with Gasteiger partial charge in [0.1, 0.15) is 0 Å². The van der Waals surface area contributed by atoms with Crippen molar-refractivity contribution in [2.45, 2.75) is 0 Å². The van der Waals surface area contributed by atoms with Crippen molar-refractivity contribution < 1.29 is 5.21 Å². The first-order chi connectivity index (χ1) is 3.81. The molecule has 4 N–H and O–H groups in total. The Hall–Kier alpha value is -1.19. The van der Waals surface area contributed by atoms with E-state index in [4.69, 9.17) is 10.9 Å². The molecule has 0 aromatic rings. The first kappa shape index (κ1) is 6.81. The summed E-state index contributed by atoms with van der Waals surface area (Å²) >= 11 is 0. The van der Waals surface area contributed by atoms with Crippen LogP contribution >= 0.6 is 0 Å². The minimum atomic E-state index is 0.0827. The maximum Gasteiger partial charge on any atom is 0.164 e. The van der Waals surface area contributed by atoms with Gasteiger partial charge in [0.15, 0.2) is 5.84 Å². The van der Waals surface area contributed by atoms with Gasteiger partial charge in [0.05, 0.1) is 0 Å². The molecule has 0 saturated carbocycles. The van der Waals surface area contributed by atoms with E-state index >= 15 is 0 Å². The Morgan fingerprint density at radius 1 is 1.88 bits per heavy atom. The molecule has 0 rings (SSSR count). The Balaban J connectivity index is 3.53. The molecule has 0 aliphatic rings. The maximum absolute atomic E-state index is 7.95. The molecule has 8 heavy (non-hydrogen) atoms. The molecule has 46 valence electrons. The van der Waals surface area contributed by atoms with Gasteiger partial charge >= 0.3 is 0 Å². The zero-order valence-corrected chi connectivity index (χ0v) is 4.63. The van der Waals surface area contributed by atoms with Crippen LogP contribution in [0, 0.1) is 0 Å². The molecule has 4 nitrogen and oxygen atoms in total. The van der Waals surface area contributed by atoms with Gasteiger partial charge in [0, 0.05) is 7.05 Å². The number of nitrogens with one attached hydrogen (secondary N) is 1. The van der Waals surface area contributed by atoms with Crippen LogP contribution in [-0.2, 0) is 0 Å². The molecule has 0 aliphatic heterocycles. The number of hydrogen-bond donors (Lipinski definition) is 3. The van der Waals surface area contributed by atoms with Gasteiger partial charge in [0.25, 0.3) is 0 Å². The van der Waals surface area contributed by atoms with Crippen LogP contribution in [0.4, 0.5) is 0 Å². The van der Waals surface area contributed by atoms with Gasteiger partial charge in [-0.2, -0.15) is 0 Å². The zero-order valence-electron chi connectivity index (χ0n) is 4.63. The zero-order chi connectivity index (χ0) is 6.41. The Morgan fingerprint density at radius 2 is 2.50 bits per heavy atom. The normalized spacial score (nSPS) is 12.4. The standard InChI is InChI=1S/C4H9N3O/c1-6-3-2-4(5)7-8/h2-3,6,8H,1H3,(H2,5,7)/b3-2+. The average Bonchev–Trinajstić information content (AvgIpc) is 1.83. The summed E-state index contributed by atoms with van der Waals surface area (Å²) in [6, 6.07) is 0. The minimum Gasteiger partial charge on any atom is -0.409 e. The van der Waals surface area contributed by atoms with Crippen molar-refractivity contribution in [2.24, 2.45) is 10.9 Å². The average molecular weight is 115 g/mol. The summed E-state index contributed by atoms with van der Waals surface area (Å²) in [5, 5.41) is 13.3. The van der Waals surface area contributed by atoms with Gasteiger partial charge in [-0.05, 0) is 12.3 Å². The molecular formula is C4H9N3O. The van der Waals surface area contributed by atoms with Crippen molar-refractivity contribution in [3.05, 3.63) is 12.3 Å². The number of oxime groups is 1. The maximum atomic E-state index is 7.95. The van der Waals surface area contributed by atoms with E-state index in [9.17, 15) is 0 Å². The van der Waals surface area contributed by atoms with Gasteiger partial charge in [-0.25, -0.2) is 0 Å². The van der Waals surface area contributed by atoms with E-state index in [1.54, 1.807) is 13.2 Å². The third kappa shape index (κ3) is 3.02. The molecule has 0 radical (unpaired) electrons. The van der Waals surface area contributed by atoms with Crippen LogP contribution in [0.3, 0.4) is 0 Å². The van der Waals surface area contributed by atoms with Gasteiger partial charge < -0.3 is 16.3 Å². The summed E-state index contributed by atoms with van der Waals surface area (Å²) in [6.45, 7) is 0. The molecule has 0 aliphatic carbocycles. The number of hydrogen-bond acceptors (Lipinski definition) is 3. The minimum absolute atomic E-state index is 0.0827.